The third-order valence-electron chi connectivity index (χ3n) is 2.00. The minimum absolute atomic E-state index is 0.355. The maximum Gasteiger partial charge on any atom is 0.138 e. The molecule has 0 saturated heterocycles. The Labute approximate surface area is 97.7 Å². The SMILES string of the molecule is CC(C)CCC(=O)Cc1ccc(Br)s1. The van der Waals surface area contributed by atoms with Crippen molar-refractivity contribution in [2.45, 2.75) is 33.1 Å². The quantitative estimate of drug-likeness (QED) is 0.792. The van der Waals surface area contributed by atoms with Gasteiger partial charge in [-0.25, -0.2) is 0 Å². The lowest BCUT2D eigenvalue weighted by Gasteiger charge is -2.02. The fourth-order valence-corrected chi connectivity index (χ4v) is 2.69. The van der Waals surface area contributed by atoms with E-state index in [1.165, 1.54) is 0 Å². The molecule has 0 aliphatic rings. The molecule has 0 spiro atoms. The summed E-state index contributed by atoms with van der Waals surface area (Å²) in [5, 5.41) is 0. The maximum atomic E-state index is 11.5. The summed E-state index contributed by atoms with van der Waals surface area (Å²) in [6.07, 6.45) is 2.32. The van der Waals surface area contributed by atoms with Crippen LogP contribution in [-0.2, 0) is 11.2 Å². The van der Waals surface area contributed by atoms with Crippen molar-refractivity contribution < 1.29 is 4.79 Å². The Hall–Kier alpha value is -0.150. The average Bonchev–Trinajstić information content (AvgIpc) is 2.48. The van der Waals surface area contributed by atoms with E-state index in [0.717, 1.165) is 15.1 Å². The molecule has 0 unspecified atom stereocenters. The summed E-state index contributed by atoms with van der Waals surface area (Å²) in [4.78, 5) is 12.7. The molecule has 1 nitrogen and oxygen atoms in total. The maximum absolute atomic E-state index is 11.5. The predicted molar refractivity (Wildman–Crippen MR) is 64.8 cm³/mol. The molecule has 1 aromatic heterocycles. The summed E-state index contributed by atoms with van der Waals surface area (Å²) >= 11 is 5.04. The first-order valence-corrected chi connectivity index (χ1v) is 6.45. The van der Waals surface area contributed by atoms with E-state index in [1.54, 1.807) is 11.3 Å². The van der Waals surface area contributed by atoms with E-state index in [9.17, 15) is 4.79 Å². The van der Waals surface area contributed by atoms with Crippen LogP contribution >= 0.6 is 27.3 Å². The highest BCUT2D eigenvalue weighted by Gasteiger charge is 2.06. The van der Waals surface area contributed by atoms with Crippen molar-refractivity contribution in [1.29, 1.82) is 0 Å². The van der Waals surface area contributed by atoms with E-state index in [0.29, 0.717) is 24.5 Å². The molecular weight excluding hydrogens is 260 g/mol. The van der Waals surface area contributed by atoms with E-state index in [4.69, 9.17) is 0 Å². The van der Waals surface area contributed by atoms with Crippen LogP contribution in [-0.4, -0.2) is 5.78 Å². The number of hydrogen-bond acceptors (Lipinski definition) is 2. The molecule has 1 heterocycles. The molecule has 78 valence electrons. The third kappa shape index (κ3) is 4.38. The van der Waals surface area contributed by atoms with E-state index < -0.39 is 0 Å². The molecule has 0 amide bonds. The molecule has 1 rings (SSSR count). The number of hydrogen-bond donors (Lipinski definition) is 0. The number of rotatable bonds is 5. The normalized spacial score (nSPS) is 10.9. The van der Waals surface area contributed by atoms with Gasteiger partial charge in [0.25, 0.3) is 0 Å². The number of ketones is 1. The molecule has 0 aliphatic heterocycles. The second kappa shape index (κ2) is 5.66. The zero-order chi connectivity index (χ0) is 10.6. The Morgan fingerprint density at radius 1 is 1.50 bits per heavy atom. The van der Waals surface area contributed by atoms with Gasteiger partial charge >= 0.3 is 0 Å². The van der Waals surface area contributed by atoms with E-state index in [-0.39, 0.29) is 0 Å². The minimum Gasteiger partial charge on any atom is -0.299 e. The Balaban J connectivity index is 2.34. The molecule has 0 fully saturated rings. The van der Waals surface area contributed by atoms with Gasteiger partial charge in [-0.3, -0.25) is 4.79 Å². The van der Waals surface area contributed by atoms with Gasteiger partial charge in [-0.05, 0) is 40.4 Å². The molecule has 1 aromatic rings. The number of carbonyl (C=O) groups excluding carboxylic acids is 1. The van der Waals surface area contributed by atoms with Crippen molar-refractivity contribution >= 4 is 33.0 Å². The number of Topliss-reactive ketones (excluding diaryl/α,β-unsaturated/α-hetero) is 1. The van der Waals surface area contributed by atoms with Crippen LogP contribution in [0.1, 0.15) is 31.6 Å². The van der Waals surface area contributed by atoms with Crippen LogP contribution in [0.4, 0.5) is 0 Å². The van der Waals surface area contributed by atoms with Gasteiger partial charge in [-0.1, -0.05) is 13.8 Å². The fourth-order valence-electron chi connectivity index (χ4n) is 1.18. The molecule has 14 heavy (non-hydrogen) atoms. The Kier molecular flexibility index (Phi) is 4.82. The van der Waals surface area contributed by atoms with Crippen LogP contribution in [0.5, 0.6) is 0 Å². The van der Waals surface area contributed by atoms with E-state index in [1.807, 2.05) is 12.1 Å². The van der Waals surface area contributed by atoms with Gasteiger partial charge in [-0.15, -0.1) is 11.3 Å². The Morgan fingerprint density at radius 3 is 2.71 bits per heavy atom. The molecule has 0 radical (unpaired) electrons. The van der Waals surface area contributed by atoms with Crippen molar-refractivity contribution in [3.05, 3.63) is 20.8 Å². The van der Waals surface area contributed by atoms with Crippen molar-refractivity contribution in [3.8, 4) is 0 Å². The Morgan fingerprint density at radius 2 is 2.21 bits per heavy atom. The highest BCUT2D eigenvalue weighted by Crippen LogP contribution is 2.23. The highest BCUT2D eigenvalue weighted by molar-refractivity contribution is 9.11. The second-order valence-electron chi connectivity index (χ2n) is 3.85. The van der Waals surface area contributed by atoms with Crippen molar-refractivity contribution in [2.75, 3.05) is 0 Å². The minimum atomic E-state index is 0.355. The summed E-state index contributed by atoms with van der Waals surface area (Å²) in [5.41, 5.74) is 0. The highest BCUT2D eigenvalue weighted by atomic mass is 79.9. The first-order chi connectivity index (χ1) is 6.58. The zero-order valence-corrected chi connectivity index (χ0v) is 11.0. The average molecular weight is 275 g/mol. The predicted octanol–water partition coefficient (Wildman–Crippen LogP) is 4.06. The lowest BCUT2D eigenvalue weighted by Crippen LogP contribution is -2.02. The summed E-state index contributed by atoms with van der Waals surface area (Å²) in [7, 11) is 0. The van der Waals surface area contributed by atoms with Gasteiger partial charge in [-0.2, -0.15) is 0 Å². The van der Waals surface area contributed by atoms with Gasteiger partial charge < -0.3 is 0 Å². The number of carbonyl (C=O) groups is 1. The topological polar surface area (TPSA) is 17.1 Å². The van der Waals surface area contributed by atoms with Gasteiger partial charge in [0.05, 0.1) is 3.79 Å². The number of thiophene rings is 1. The van der Waals surface area contributed by atoms with Gasteiger partial charge in [0, 0.05) is 17.7 Å². The van der Waals surface area contributed by atoms with Crippen LogP contribution < -0.4 is 0 Å². The Bertz CT molecular complexity index is 304. The van der Waals surface area contributed by atoms with Crippen molar-refractivity contribution in [2.24, 2.45) is 5.92 Å². The van der Waals surface area contributed by atoms with Crippen LogP contribution in [0.15, 0.2) is 15.9 Å². The molecule has 0 bridgehead atoms. The molecule has 0 N–H and O–H groups in total. The third-order valence-corrected chi connectivity index (χ3v) is 3.62. The molecule has 0 saturated carbocycles. The van der Waals surface area contributed by atoms with Crippen molar-refractivity contribution in [3.63, 3.8) is 0 Å². The first-order valence-electron chi connectivity index (χ1n) is 4.84. The molecular formula is C11H15BrOS. The van der Waals surface area contributed by atoms with Crippen LogP contribution in [0, 0.1) is 5.92 Å². The summed E-state index contributed by atoms with van der Waals surface area (Å²) in [5.74, 6) is 0.974. The van der Waals surface area contributed by atoms with Crippen molar-refractivity contribution in [1.82, 2.24) is 0 Å². The van der Waals surface area contributed by atoms with Gasteiger partial charge in [0.1, 0.15) is 5.78 Å². The fraction of sp³-hybridized carbons (Fsp3) is 0.545. The summed E-state index contributed by atoms with van der Waals surface area (Å²) < 4.78 is 1.10. The summed E-state index contributed by atoms with van der Waals surface area (Å²) in [6, 6.07) is 4.01. The standard InChI is InChI=1S/C11H15BrOS/c1-8(2)3-4-9(13)7-10-5-6-11(12)14-10/h5-6,8H,3-4,7H2,1-2H3. The molecule has 3 heteroatoms. The van der Waals surface area contributed by atoms with Gasteiger partial charge in [0.2, 0.25) is 0 Å². The number of halogens is 1. The van der Waals surface area contributed by atoms with Crippen LogP contribution in [0.3, 0.4) is 0 Å². The molecule has 0 atom stereocenters. The monoisotopic (exact) mass is 274 g/mol. The van der Waals surface area contributed by atoms with Gasteiger partial charge in [0.15, 0.2) is 0 Å². The molecule has 0 aromatic carbocycles. The largest absolute Gasteiger partial charge is 0.299 e. The van der Waals surface area contributed by atoms with Crippen LogP contribution in [0.25, 0.3) is 0 Å². The first kappa shape index (κ1) is 11.9. The smallest absolute Gasteiger partial charge is 0.138 e. The van der Waals surface area contributed by atoms with E-state index in [2.05, 4.69) is 29.8 Å². The molecule has 0 aliphatic carbocycles. The van der Waals surface area contributed by atoms with E-state index >= 15 is 0 Å². The lowest BCUT2D eigenvalue weighted by molar-refractivity contribution is -0.118. The van der Waals surface area contributed by atoms with Crippen LogP contribution in [0.2, 0.25) is 0 Å². The lowest BCUT2D eigenvalue weighted by atomic mass is 10.0. The second-order valence-corrected chi connectivity index (χ2v) is 6.40. The summed E-state index contributed by atoms with van der Waals surface area (Å²) in [6.45, 7) is 4.30. The zero-order valence-electron chi connectivity index (χ0n) is 8.55.